The molecule has 20 heteroatoms. The lowest BCUT2D eigenvalue weighted by Gasteiger charge is -2.44. The maximum atomic E-state index is 5.69. The largest absolute Gasteiger partial charge is 0.461 e. The van der Waals surface area contributed by atoms with Crippen molar-refractivity contribution >= 4 is 76.2 Å². The van der Waals surface area contributed by atoms with E-state index in [1.807, 2.05) is 27.7 Å². The molecule has 6 rings (SSSR count). The Morgan fingerprint density at radius 2 is 0.333 bits per heavy atom. The van der Waals surface area contributed by atoms with Crippen molar-refractivity contribution in [3.8, 4) is 0 Å². The van der Waals surface area contributed by atoms with Crippen LogP contribution in [0, 0.1) is 0 Å². The molecule has 0 atom stereocenters. The third-order valence-corrected chi connectivity index (χ3v) is 24.0. The fourth-order valence-electron chi connectivity index (χ4n) is 1.86. The SMILES string of the molecule is CC.CC.O1[SiH]2O[SiH]3O[SiH]4O[SiH]1O[SiH]1O[SiH](O2)O[SiH](O3)O[SiH](O4)O1. The maximum absolute atomic E-state index is 5.69. The maximum Gasteiger partial charge on any atom is 0.461 e. The molecule has 6 heterocycles. The first-order valence-electron chi connectivity index (χ1n) is 7.66. The van der Waals surface area contributed by atoms with E-state index in [1.165, 1.54) is 0 Å². The van der Waals surface area contributed by atoms with Gasteiger partial charge in [-0.1, -0.05) is 27.7 Å². The molecule has 24 heavy (non-hydrogen) atoms. The van der Waals surface area contributed by atoms with E-state index in [0.717, 1.165) is 0 Å². The van der Waals surface area contributed by atoms with Crippen LogP contribution in [0.4, 0.5) is 0 Å². The lowest BCUT2D eigenvalue weighted by Crippen LogP contribution is -2.68. The predicted octanol–water partition coefficient (Wildman–Crippen LogP) is -3.96. The highest BCUT2D eigenvalue weighted by atomic mass is 28.6. The molecule has 0 spiro atoms. The summed E-state index contributed by atoms with van der Waals surface area (Å²) in [5, 5.41) is 0. The number of hydrogen-bond acceptors (Lipinski definition) is 12. The lowest BCUT2D eigenvalue weighted by atomic mass is 11.0. The number of rotatable bonds is 0. The van der Waals surface area contributed by atoms with Crippen LogP contribution in [-0.4, -0.2) is 76.2 Å². The fraction of sp³-hybridized carbons (Fsp3) is 1.00. The first kappa shape index (κ1) is 20.0. The monoisotopic (exact) mass is 484 g/mol. The smallest absolute Gasteiger partial charge is 0.378 e. The third-order valence-electron chi connectivity index (χ3n) is 2.67. The Balaban J connectivity index is 0.000000396. The van der Waals surface area contributed by atoms with E-state index in [1.54, 1.807) is 0 Å². The topological polar surface area (TPSA) is 111 Å². The Kier molecular flexibility index (Phi) is 7.88. The lowest BCUT2D eigenvalue weighted by molar-refractivity contribution is 0.0408. The van der Waals surface area contributed by atoms with E-state index < -0.39 is 76.2 Å². The standard InChI is InChI=1S/2C2H6.H8O12Si8/c2*1-2;1-13-2-15-6-17-4-14(1)5-18-7-16(3-13)9-19(8-15)12-20(10-17)11-18/h2*1-2H3;13-20H. The Hall–Kier alpha value is 1.26. The van der Waals surface area contributed by atoms with Gasteiger partial charge in [0, 0.05) is 0 Å². The van der Waals surface area contributed by atoms with Gasteiger partial charge in [0.15, 0.2) is 0 Å². The van der Waals surface area contributed by atoms with Crippen LogP contribution in [-0.2, 0) is 49.4 Å². The number of hydrogen-bond donors (Lipinski definition) is 0. The molecule has 0 saturated carbocycles. The van der Waals surface area contributed by atoms with Gasteiger partial charge in [-0.3, -0.25) is 0 Å². The second-order valence-electron chi connectivity index (χ2n) is 3.94. The normalized spacial score (nSPS) is 48.5. The fourth-order valence-corrected chi connectivity index (χ4v) is 30.6. The second kappa shape index (κ2) is 9.45. The van der Waals surface area contributed by atoms with E-state index in [9.17, 15) is 0 Å². The molecule has 6 aliphatic heterocycles. The molecular weight excluding hydrogens is 465 g/mol. The molecule has 0 aromatic heterocycles. The van der Waals surface area contributed by atoms with Crippen molar-refractivity contribution < 1.29 is 49.4 Å². The van der Waals surface area contributed by atoms with Gasteiger partial charge >= 0.3 is 76.2 Å². The minimum absolute atomic E-state index is 2.00. The summed E-state index contributed by atoms with van der Waals surface area (Å²) >= 11 is 0. The molecule has 0 aliphatic carbocycles. The zero-order chi connectivity index (χ0) is 17.1. The summed E-state index contributed by atoms with van der Waals surface area (Å²) in [5.41, 5.74) is 0. The van der Waals surface area contributed by atoms with Crippen LogP contribution in [0.25, 0.3) is 0 Å². The third kappa shape index (κ3) is 4.75. The summed E-state index contributed by atoms with van der Waals surface area (Å²) in [6.07, 6.45) is 0. The van der Waals surface area contributed by atoms with Crippen LogP contribution in [0.15, 0.2) is 0 Å². The summed E-state index contributed by atoms with van der Waals surface area (Å²) in [7, 11) is -20.1. The molecule has 0 aromatic rings. The summed E-state index contributed by atoms with van der Waals surface area (Å²) in [6, 6.07) is 0. The van der Waals surface area contributed by atoms with Crippen molar-refractivity contribution in [3.63, 3.8) is 0 Å². The molecule has 0 amide bonds. The van der Waals surface area contributed by atoms with Gasteiger partial charge in [-0.2, -0.15) is 0 Å². The van der Waals surface area contributed by atoms with Crippen molar-refractivity contribution in [2.75, 3.05) is 0 Å². The van der Waals surface area contributed by atoms with Crippen LogP contribution >= 0.6 is 0 Å². The molecule has 6 aliphatic rings. The van der Waals surface area contributed by atoms with E-state index in [2.05, 4.69) is 0 Å². The predicted molar refractivity (Wildman–Crippen MR) is 92.9 cm³/mol. The molecule has 8 bridgehead atoms. The van der Waals surface area contributed by atoms with E-state index in [0.29, 0.717) is 0 Å². The van der Waals surface area contributed by atoms with Crippen molar-refractivity contribution in [2.24, 2.45) is 0 Å². The summed E-state index contributed by atoms with van der Waals surface area (Å²) in [5.74, 6) is 0. The van der Waals surface area contributed by atoms with Crippen molar-refractivity contribution in [2.45, 2.75) is 27.7 Å². The quantitative estimate of drug-likeness (QED) is 0.313. The zero-order valence-electron chi connectivity index (χ0n) is 13.5. The minimum atomic E-state index is -2.51. The van der Waals surface area contributed by atoms with Crippen molar-refractivity contribution in [1.82, 2.24) is 0 Å². The highest BCUT2D eigenvalue weighted by molar-refractivity contribution is 6.82. The second-order valence-corrected chi connectivity index (χ2v) is 21.6. The summed E-state index contributed by atoms with van der Waals surface area (Å²) < 4.78 is 68.3. The minimum Gasteiger partial charge on any atom is -0.378 e. The van der Waals surface area contributed by atoms with Crippen LogP contribution < -0.4 is 0 Å². The van der Waals surface area contributed by atoms with E-state index in [4.69, 9.17) is 49.4 Å². The summed E-state index contributed by atoms with van der Waals surface area (Å²) in [6.45, 7) is 8.00. The zero-order valence-corrected chi connectivity index (χ0v) is 22.8. The van der Waals surface area contributed by atoms with Gasteiger partial charge in [0.1, 0.15) is 0 Å². The highest BCUT2D eigenvalue weighted by Gasteiger charge is 2.54. The van der Waals surface area contributed by atoms with Crippen LogP contribution in [0.3, 0.4) is 0 Å². The van der Waals surface area contributed by atoms with Gasteiger partial charge in [-0.15, -0.1) is 0 Å². The van der Waals surface area contributed by atoms with Crippen LogP contribution in [0.1, 0.15) is 27.7 Å². The van der Waals surface area contributed by atoms with Gasteiger partial charge < -0.3 is 49.4 Å². The molecule has 6 saturated heterocycles. The highest BCUT2D eigenvalue weighted by Crippen LogP contribution is 2.25. The molecule has 12 nitrogen and oxygen atoms in total. The molecule has 0 radical (unpaired) electrons. The van der Waals surface area contributed by atoms with Gasteiger partial charge in [-0.25, -0.2) is 0 Å². The van der Waals surface area contributed by atoms with Crippen molar-refractivity contribution in [3.05, 3.63) is 0 Å². The van der Waals surface area contributed by atoms with Gasteiger partial charge in [0.25, 0.3) is 0 Å². The van der Waals surface area contributed by atoms with E-state index >= 15 is 0 Å². The average molecular weight is 485 g/mol. The Labute approximate surface area is 153 Å². The molecule has 0 N–H and O–H groups in total. The van der Waals surface area contributed by atoms with Gasteiger partial charge in [0.05, 0.1) is 0 Å². The van der Waals surface area contributed by atoms with Gasteiger partial charge in [-0.05, 0) is 0 Å². The average Bonchev–Trinajstić information content (AvgIpc) is 2.44. The molecule has 140 valence electrons. The molecule has 0 aromatic carbocycles. The van der Waals surface area contributed by atoms with Crippen LogP contribution in [0.2, 0.25) is 0 Å². The Morgan fingerprint density at radius 1 is 0.250 bits per heavy atom. The Bertz CT molecular complexity index is 254. The first-order valence-corrected chi connectivity index (χ1v) is 19.0. The Morgan fingerprint density at radius 3 is 0.417 bits per heavy atom. The molecule has 6 fully saturated rings. The first-order chi connectivity index (χ1) is 11.8. The molecular formula is C4H20O12Si8. The van der Waals surface area contributed by atoms with Gasteiger partial charge in [0.2, 0.25) is 0 Å². The van der Waals surface area contributed by atoms with E-state index in [-0.39, 0.29) is 0 Å². The summed E-state index contributed by atoms with van der Waals surface area (Å²) in [4.78, 5) is 0. The molecule has 0 unspecified atom stereocenters. The van der Waals surface area contributed by atoms with Crippen LogP contribution in [0.5, 0.6) is 0 Å². The van der Waals surface area contributed by atoms with Crippen molar-refractivity contribution in [1.29, 1.82) is 0 Å².